The summed E-state index contributed by atoms with van der Waals surface area (Å²) in [6.07, 6.45) is 6.49. The Labute approximate surface area is 110 Å². The van der Waals surface area contributed by atoms with Crippen LogP contribution in [0.5, 0.6) is 0 Å². The molecule has 3 unspecified atom stereocenters. The number of benzene rings is 1. The summed E-state index contributed by atoms with van der Waals surface area (Å²) in [5, 5.41) is 0. The van der Waals surface area contributed by atoms with E-state index in [4.69, 9.17) is 5.73 Å². The highest BCUT2D eigenvalue weighted by molar-refractivity contribution is 5.57. The Balaban J connectivity index is 1.87. The number of nitrogens with two attached hydrogens (primary N) is 1. The Hall–Kier alpha value is -1.02. The molecule has 1 saturated carbocycles. The largest absolute Gasteiger partial charge is 0.367 e. The lowest BCUT2D eigenvalue weighted by molar-refractivity contribution is 0.322. The van der Waals surface area contributed by atoms with Gasteiger partial charge in [-0.1, -0.05) is 38.0 Å². The Bertz CT molecular complexity index is 415. The average molecular weight is 244 g/mol. The number of hydrogen-bond acceptors (Lipinski definition) is 2. The quantitative estimate of drug-likeness (QED) is 0.823. The molecule has 0 bridgehead atoms. The van der Waals surface area contributed by atoms with E-state index in [1.807, 2.05) is 0 Å². The lowest BCUT2D eigenvalue weighted by atomic mass is 9.84. The average Bonchev–Trinajstić information content (AvgIpc) is 2.37. The lowest BCUT2D eigenvalue weighted by Gasteiger charge is -2.43. The topological polar surface area (TPSA) is 29.3 Å². The minimum Gasteiger partial charge on any atom is -0.367 e. The third kappa shape index (κ3) is 2.26. The van der Waals surface area contributed by atoms with Crippen molar-refractivity contribution in [2.45, 2.75) is 51.1 Å². The van der Waals surface area contributed by atoms with Gasteiger partial charge in [-0.3, -0.25) is 0 Å². The summed E-state index contributed by atoms with van der Waals surface area (Å²) in [6.45, 7) is 3.43. The van der Waals surface area contributed by atoms with Crippen LogP contribution in [0.15, 0.2) is 24.3 Å². The summed E-state index contributed by atoms with van der Waals surface area (Å²) in [4.78, 5) is 2.60. The van der Waals surface area contributed by atoms with Crippen LogP contribution in [-0.4, -0.2) is 18.6 Å². The molecule has 1 aliphatic heterocycles. The number of anilines is 1. The molecule has 0 aromatic heterocycles. The Morgan fingerprint density at radius 3 is 2.89 bits per heavy atom. The third-order valence-corrected chi connectivity index (χ3v) is 4.56. The van der Waals surface area contributed by atoms with Gasteiger partial charge in [0.1, 0.15) is 0 Å². The molecule has 3 rings (SSSR count). The number of rotatable bonds is 1. The van der Waals surface area contributed by atoms with Crippen LogP contribution in [0.25, 0.3) is 0 Å². The highest BCUT2D eigenvalue weighted by Crippen LogP contribution is 2.34. The second-order valence-electron chi connectivity index (χ2n) is 6.17. The fraction of sp³-hybridized carbons (Fsp3) is 0.625. The minimum atomic E-state index is 0.303. The maximum absolute atomic E-state index is 6.24. The summed E-state index contributed by atoms with van der Waals surface area (Å²) in [7, 11) is 0. The van der Waals surface area contributed by atoms with Crippen molar-refractivity contribution in [1.82, 2.24) is 0 Å². The molecule has 3 atom stereocenters. The van der Waals surface area contributed by atoms with E-state index in [-0.39, 0.29) is 0 Å². The van der Waals surface area contributed by atoms with E-state index in [0.29, 0.717) is 12.1 Å². The fourth-order valence-corrected chi connectivity index (χ4v) is 3.69. The smallest absolute Gasteiger partial charge is 0.0402 e. The molecule has 1 aliphatic carbocycles. The van der Waals surface area contributed by atoms with E-state index in [1.54, 1.807) is 0 Å². The van der Waals surface area contributed by atoms with E-state index in [1.165, 1.54) is 36.9 Å². The summed E-state index contributed by atoms with van der Waals surface area (Å²) < 4.78 is 0. The molecule has 18 heavy (non-hydrogen) atoms. The maximum Gasteiger partial charge on any atom is 0.0402 e. The van der Waals surface area contributed by atoms with Gasteiger partial charge >= 0.3 is 0 Å². The van der Waals surface area contributed by atoms with Gasteiger partial charge < -0.3 is 10.6 Å². The molecule has 2 N–H and O–H groups in total. The highest BCUT2D eigenvalue weighted by Gasteiger charge is 2.30. The predicted octanol–water partition coefficient (Wildman–Crippen LogP) is 2.96. The van der Waals surface area contributed by atoms with Crippen molar-refractivity contribution in [3.63, 3.8) is 0 Å². The summed E-state index contributed by atoms with van der Waals surface area (Å²) in [5.41, 5.74) is 9.12. The van der Waals surface area contributed by atoms with E-state index in [2.05, 4.69) is 36.1 Å². The van der Waals surface area contributed by atoms with Crippen LogP contribution in [0.4, 0.5) is 5.69 Å². The predicted molar refractivity (Wildman–Crippen MR) is 76.9 cm³/mol. The van der Waals surface area contributed by atoms with Gasteiger partial charge in [0, 0.05) is 24.3 Å². The van der Waals surface area contributed by atoms with Crippen molar-refractivity contribution in [2.75, 3.05) is 11.4 Å². The van der Waals surface area contributed by atoms with Gasteiger partial charge in [0.25, 0.3) is 0 Å². The molecule has 98 valence electrons. The van der Waals surface area contributed by atoms with Gasteiger partial charge in [-0.05, 0) is 36.8 Å². The van der Waals surface area contributed by atoms with E-state index < -0.39 is 0 Å². The van der Waals surface area contributed by atoms with Crippen molar-refractivity contribution in [3.05, 3.63) is 29.8 Å². The van der Waals surface area contributed by atoms with Gasteiger partial charge in [-0.25, -0.2) is 0 Å². The maximum atomic E-state index is 6.24. The van der Waals surface area contributed by atoms with Crippen LogP contribution in [0.3, 0.4) is 0 Å². The molecule has 0 spiro atoms. The van der Waals surface area contributed by atoms with Crippen LogP contribution < -0.4 is 10.6 Å². The first-order chi connectivity index (χ1) is 8.74. The highest BCUT2D eigenvalue weighted by atomic mass is 15.2. The van der Waals surface area contributed by atoms with Gasteiger partial charge in [0.15, 0.2) is 0 Å². The Kier molecular flexibility index (Phi) is 3.29. The van der Waals surface area contributed by atoms with Gasteiger partial charge in [0.2, 0.25) is 0 Å². The van der Waals surface area contributed by atoms with Crippen molar-refractivity contribution in [1.29, 1.82) is 0 Å². The molecule has 1 fully saturated rings. The zero-order valence-electron chi connectivity index (χ0n) is 11.3. The number of para-hydroxylation sites is 1. The van der Waals surface area contributed by atoms with Crippen LogP contribution in [0.1, 0.15) is 38.2 Å². The van der Waals surface area contributed by atoms with Crippen LogP contribution in [-0.2, 0) is 6.42 Å². The van der Waals surface area contributed by atoms with Crippen LogP contribution >= 0.6 is 0 Å². The molecular formula is C16H24N2. The third-order valence-electron chi connectivity index (χ3n) is 4.56. The summed E-state index contributed by atoms with van der Waals surface area (Å²) in [5.74, 6) is 0.870. The van der Waals surface area contributed by atoms with E-state index in [0.717, 1.165) is 18.9 Å². The second kappa shape index (κ2) is 4.93. The molecule has 0 radical (unpaired) electrons. The fourth-order valence-electron chi connectivity index (χ4n) is 3.69. The number of nitrogens with zero attached hydrogens (tertiary/aromatic N) is 1. The Morgan fingerprint density at radius 1 is 1.22 bits per heavy atom. The lowest BCUT2D eigenvalue weighted by Crippen LogP contribution is -2.49. The normalized spacial score (nSPS) is 32.1. The van der Waals surface area contributed by atoms with Gasteiger partial charge in [0.05, 0.1) is 0 Å². The molecule has 1 heterocycles. The number of fused-ring (bicyclic) bond motifs is 1. The van der Waals surface area contributed by atoms with Gasteiger partial charge in [-0.15, -0.1) is 0 Å². The standard InChI is InChI=1S/C16H24N2/c1-12-5-4-7-15(9-12)18-11-14(17)10-13-6-2-3-8-16(13)18/h2-3,6,8,12,14-15H,4-5,7,9-11,17H2,1H3. The molecule has 1 aromatic rings. The van der Waals surface area contributed by atoms with Crippen molar-refractivity contribution in [2.24, 2.45) is 11.7 Å². The minimum absolute atomic E-state index is 0.303. The van der Waals surface area contributed by atoms with Crippen LogP contribution in [0.2, 0.25) is 0 Å². The Morgan fingerprint density at radius 2 is 2.06 bits per heavy atom. The second-order valence-corrected chi connectivity index (χ2v) is 6.17. The molecule has 2 heteroatoms. The molecule has 0 amide bonds. The van der Waals surface area contributed by atoms with E-state index in [9.17, 15) is 0 Å². The molecule has 0 saturated heterocycles. The first kappa shape index (κ1) is 12.0. The van der Waals surface area contributed by atoms with Crippen LogP contribution in [0, 0.1) is 5.92 Å². The van der Waals surface area contributed by atoms with Gasteiger partial charge in [-0.2, -0.15) is 0 Å². The molecule has 2 nitrogen and oxygen atoms in total. The first-order valence-electron chi connectivity index (χ1n) is 7.34. The molecule has 2 aliphatic rings. The van der Waals surface area contributed by atoms with Crippen molar-refractivity contribution >= 4 is 5.69 Å². The number of hydrogen-bond donors (Lipinski definition) is 1. The zero-order chi connectivity index (χ0) is 12.5. The summed E-state index contributed by atoms with van der Waals surface area (Å²) in [6, 6.07) is 9.83. The van der Waals surface area contributed by atoms with E-state index >= 15 is 0 Å². The van der Waals surface area contributed by atoms with Crippen molar-refractivity contribution in [3.8, 4) is 0 Å². The zero-order valence-corrected chi connectivity index (χ0v) is 11.3. The SMILES string of the molecule is CC1CCCC(N2CC(N)Cc3ccccc32)C1. The summed E-state index contributed by atoms with van der Waals surface area (Å²) >= 11 is 0. The monoisotopic (exact) mass is 244 g/mol. The molecular weight excluding hydrogens is 220 g/mol. The van der Waals surface area contributed by atoms with Crippen molar-refractivity contribution < 1.29 is 0 Å². The first-order valence-corrected chi connectivity index (χ1v) is 7.34. The molecule has 1 aromatic carbocycles.